The Morgan fingerprint density at radius 3 is 2.61 bits per heavy atom. The van der Waals surface area contributed by atoms with E-state index in [1.807, 2.05) is 11.8 Å². The molecular formula is C20H35N7O5S. The molecule has 0 aromatic heterocycles. The molecule has 13 heteroatoms. The fourth-order valence-corrected chi connectivity index (χ4v) is 5.17. The molecule has 0 aromatic rings. The minimum Gasteiger partial charge on any atom is -0.379 e. The van der Waals surface area contributed by atoms with Crippen molar-refractivity contribution >= 4 is 29.6 Å². The van der Waals surface area contributed by atoms with E-state index >= 15 is 0 Å². The highest BCUT2D eigenvalue weighted by Gasteiger charge is 2.42. The number of nitrogens with zero attached hydrogens (tertiary/aromatic N) is 3. The summed E-state index contributed by atoms with van der Waals surface area (Å²) in [6, 6.07) is 0.395. The van der Waals surface area contributed by atoms with Gasteiger partial charge in [0.15, 0.2) is 0 Å². The first kappa shape index (κ1) is 27.0. The highest BCUT2D eigenvalue weighted by molar-refractivity contribution is 8.00. The number of rotatable bonds is 18. The lowest BCUT2D eigenvalue weighted by molar-refractivity contribution is -0.122. The molecule has 3 atom stereocenters. The molecule has 2 rings (SSSR count). The van der Waals surface area contributed by atoms with Crippen LogP contribution >= 0.6 is 11.8 Å². The van der Waals surface area contributed by atoms with Crippen LogP contribution in [0.5, 0.6) is 0 Å². The highest BCUT2D eigenvalue weighted by atomic mass is 32.2. The predicted octanol–water partition coefficient (Wildman–Crippen LogP) is 1.07. The summed E-state index contributed by atoms with van der Waals surface area (Å²) in [5, 5.41) is 15.3. The third-order valence-electron chi connectivity index (χ3n) is 5.31. The Morgan fingerprint density at radius 1 is 1.03 bits per heavy atom. The summed E-state index contributed by atoms with van der Waals surface area (Å²) in [5.41, 5.74) is 8.15. The van der Waals surface area contributed by atoms with Crippen molar-refractivity contribution in [3.63, 3.8) is 0 Å². The zero-order valence-electron chi connectivity index (χ0n) is 18.9. The molecule has 0 aromatic carbocycles. The first-order valence-electron chi connectivity index (χ1n) is 11.5. The van der Waals surface area contributed by atoms with E-state index in [2.05, 4.69) is 31.3 Å². The van der Waals surface area contributed by atoms with Crippen molar-refractivity contribution in [2.75, 3.05) is 51.8 Å². The molecule has 2 aliphatic rings. The summed E-state index contributed by atoms with van der Waals surface area (Å²) in [6.07, 6.45) is 4.17. The van der Waals surface area contributed by atoms with E-state index in [1.54, 1.807) is 0 Å². The average Bonchev–Trinajstić information content (AvgIpc) is 3.34. The maximum atomic E-state index is 11.9. The number of hydrogen-bond acceptors (Lipinski definition) is 7. The van der Waals surface area contributed by atoms with Crippen molar-refractivity contribution in [2.24, 2.45) is 5.11 Å². The molecule has 2 heterocycles. The smallest absolute Gasteiger partial charge is 0.315 e. The molecule has 0 saturated carbocycles. The lowest BCUT2D eigenvalue weighted by Gasteiger charge is -2.16. The van der Waals surface area contributed by atoms with Gasteiger partial charge < -0.3 is 30.7 Å². The summed E-state index contributed by atoms with van der Waals surface area (Å²) >= 11 is 1.89. The van der Waals surface area contributed by atoms with E-state index in [4.69, 9.17) is 15.0 Å². The predicted molar refractivity (Wildman–Crippen MR) is 125 cm³/mol. The van der Waals surface area contributed by atoms with Crippen LogP contribution in [0.25, 0.3) is 10.4 Å². The monoisotopic (exact) mass is 485 g/mol. The second kappa shape index (κ2) is 16.4. The largest absolute Gasteiger partial charge is 0.379 e. The molecule has 4 N–H and O–H groups in total. The molecule has 12 nitrogen and oxygen atoms in total. The summed E-state index contributed by atoms with van der Waals surface area (Å²) in [4.78, 5) is 37.5. The molecule has 0 bridgehead atoms. The fraction of sp³-hybridized carbons (Fsp3) is 0.850. The molecule has 2 saturated heterocycles. The third kappa shape index (κ3) is 11.5. The number of nitrogens with one attached hydrogen (secondary N) is 4. The van der Waals surface area contributed by atoms with E-state index < -0.39 is 0 Å². The molecule has 4 amide bonds. The van der Waals surface area contributed by atoms with Gasteiger partial charge in [0, 0.05) is 48.4 Å². The van der Waals surface area contributed by atoms with Crippen LogP contribution in [-0.2, 0) is 19.1 Å². The average molecular weight is 486 g/mol. The van der Waals surface area contributed by atoms with Crippen LogP contribution in [0.2, 0.25) is 0 Å². The van der Waals surface area contributed by atoms with Gasteiger partial charge in [0.25, 0.3) is 0 Å². The first-order chi connectivity index (χ1) is 16.1. The van der Waals surface area contributed by atoms with E-state index in [0.717, 1.165) is 25.0 Å². The van der Waals surface area contributed by atoms with Crippen LogP contribution in [0.4, 0.5) is 4.79 Å². The Balaban J connectivity index is 1.32. The van der Waals surface area contributed by atoms with Gasteiger partial charge in [0.2, 0.25) is 11.8 Å². The van der Waals surface area contributed by atoms with Crippen LogP contribution in [0.1, 0.15) is 38.5 Å². The zero-order chi connectivity index (χ0) is 23.7. The SMILES string of the molecule is [N-]=[N+]=NCCCNC(=O)CCOCCOCCNC(=O)CCCC[C@@H]1SC[C@@H]2NC(=O)N[C@@H]21. The summed E-state index contributed by atoms with van der Waals surface area (Å²) in [6.45, 7) is 2.81. The Morgan fingerprint density at radius 2 is 1.79 bits per heavy atom. The minimum absolute atomic E-state index is 0.0214. The maximum Gasteiger partial charge on any atom is 0.315 e. The minimum atomic E-state index is -0.104. The molecule has 33 heavy (non-hydrogen) atoms. The Hall–Kier alpha value is -2.21. The number of ether oxygens (including phenoxy) is 2. The Bertz CT molecular complexity index is 677. The number of carbonyl (C=O) groups excluding carboxylic acids is 3. The van der Waals surface area contributed by atoms with Crippen LogP contribution in [-0.4, -0.2) is 87.0 Å². The van der Waals surface area contributed by atoms with Crippen LogP contribution in [0.15, 0.2) is 5.11 Å². The lowest BCUT2D eigenvalue weighted by Crippen LogP contribution is -2.36. The van der Waals surface area contributed by atoms with Gasteiger partial charge in [-0.25, -0.2) is 4.79 Å². The fourth-order valence-electron chi connectivity index (χ4n) is 3.62. The third-order valence-corrected chi connectivity index (χ3v) is 6.82. The number of amides is 4. The van der Waals surface area contributed by atoms with Gasteiger partial charge in [-0.3, -0.25) is 9.59 Å². The van der Waals surface area contributed by atoms with Crippen LogP contribution in [0, 0.1) is 0 Å². The maximum absolute atomic E-state index is 11.9. The van der Waals surface area contributed by atoms with Crippen LogP contribution in [0.3, 0.4) is 0 Å². The van der Waals surface area contributed by atoms with E-state index in [0.29, 0.717) is 64.2 Å². The van der Waals surface area contributed by atoms with Gasteiger partial charge in [-0.15, -0.1) is 0 Å². The number of urea groups is 1. The number of unbranched alkanes of at least 4 members (excludes halogenated alkanes) is 1. The molecule has 0 spiro atoms. The van der Waals surface area contributed by atoms with Crippen LogP contribution < -0.4 is 21.3 Å². The number of azide groups is 1. The summed E-state index contributed by atoms with van der Waals surface area (Å²) in [7, 11) is 0. The molecule has 2 aliphatic heterocycles. The van der Waals surface area contributed by atoms with E-state index in [-0.39, 0.29) is 36.3 Å². The standard InChI is InChI=1S/C20H35N7O5S/c21-27-24-8-3-7-22-18(29)6-10-31-12-13-32-11-9-23-17(28)5-2-1-4-16-19-15(14-33-16)25-20(30)26-19/h15-16,19H,1-14H2,(H,22,29)(H,23,28)(H2,25,26,30)/t15-,16-,19-/m0/s1. The number of carbonyl (C=O) groups is 3. The molecule has 0 aliphatic carbocycles. The number of fused-ring (bicyclic) bond motifs is 1. The second-order valence-corrected chi connectivity index (χ2v) is 9.12. The van der Waals surface area contributed by atoms with Crippen molar-refractivity contribution in [1.29, 1.82) is 0 Å². The molecule has 0 radical (unpaired) electrons. The van der Waals surface area contributed by atoms with Gasteiger partial charge >= 0.3 is 6.03 Å². The lowest BCUT2D eigenvalue weighted by atomic mass is 10.0. The Kier molecular flexibility index (Phi) is 13.4. The van der Waals surface area contributed by atoms with Crippen molar-refractivity contribution in [3.05, 3.63) is 10.4 Å². The highest BCUT2D eigenvalue weighted by Crippen LogP contribution is 2.33. The van der Waals surface area contributed by atoms with Crippen molar-refractivity contribution in [1.82, 2.24) is 21.3 Å². The topological polar surface area (TPSA) is 167 Å². The van der Waals surface area contributed by atoms with Gasteiger partial charge in [-0.05, 0) is 24.8 Å². The molecule has 0 unspecified atom stereocenters. The molecule has 2 fully saturated rings. The van der Waals surface area contributed by atoms with Gasteiger partial charge in [-0.1, -0.05) is 11.5 Å². The van der Waals surface area contributed by atoms with Crippen molar-refractivity contribution in [2.45, 2.75) is 55.9 Å². The summed E-state index contributed by atoms with van der Waals surface area (Å²) in [5.74, 6) is 0.872. The van der Waals surface area contributed by atoms with E-state index in [9.17, 15) is 14.4 Å². The second-order valence-electron chi connectivity index (χ2n) is 7.85. The zero-order valence-corrected chi connectivity index (χ0v) is 19.7. The normalized spacial score (nSPS) is 21.0. The van der Waals surface area contributed by atoms with Gasteiger partial charge in [0.05, 0.1) is 38.5 Å². The summed E-state index contributed by atoms with van der Waals surface area (Å²) < 4.78 is 10.8. The first-order valence-corrected chi connectivity index (χ1v) is 12.5. The molecular weight excluding hydrogens is 450 g/mol. The van der Waals surface area contributed by atoms with Crippen molar-refractivity contribution in [3.8, 4) is 0 Å². The number of hydrogen-bond donors (Lipinski definition) is 4. The van der Waals surface area contributed by atoms with E-state index in [1.165, 1.54) is 0 Å². The van der Waals surface area contributed by atoms with Crippen molar-refractivity contribution < 1.29 is 23.9 Å². The van der Waals surface area contributed by atoms with Gasteiger partial charge in [0.1, 0.15) is 0 Å². The Labute approximate surface area is 198 Å². The molecule has 186 valence electrons. The van der Waals surface area contributed by atoms with Gasteiger partial charge in [-0.2, -0.15) is 11.8 Å². The number of thioether (sulfide) groups is 1. The quantitative estimate of drug-likeness (QED) is 0.0745.